The lowest BCUT2D eigenvalue weighted by Crippen LogP contribution is -2.43. The van der Waals surface area contributed by atoms with E-state index in [0.717, 1.165) is 42.1 Å². The second-order valence-electron chi connectivity index (χ2n) is 9.35. The van der Waals surface area contributed by atoms with E-state index in [9.17, 15) is 9.59 Å². The third-order valence-corrected chi connectivity index (χ3v) is 6.93. The number of nitrogens with two attached hydrogens (primary N) is 1. The smallest absolute Gasteiger partial charge is 0.411 e. The van der Waals surface area contributed by atoms with Gasteiger partial charge in [0.1, 0.15) is 11.3 Å². The van der Waals surface area contributed by atoms with Gasteiger partial charge in [-0.25, -0.2) is 4.79 Å². The van der Waals surface area contributed by atoms with Crippen molar-refractivity contribution in [2.24, 2.45) is 5.73 Å². The van der Waals surface area contributed by atoms with E-state index < -0.39 is 11.5 Å². The monoisotopic (exact) mass is 432 g/mol. The van der Waals surface area contributed by atoms with Crippen LogP contribution in [0.4, 0.5) is 4.79 Å². The van der Waals surface area contributed by atoms with Gasteiger partial charge in [0.2, 0.25) is 0 Å². The molecule has 2 amide bonds. The van der Waals surface area contributed by atoms with Crippen molar-refractivity contribution < 1.29 is 14.3 Å². The topological polar surface area (TPSA) is 90.5 Å². The largest absolute Gasteiger partial charge is 0.441 e. The summed E-state index contributed by atoms with van der Waals surface area (Å²) in [6.45, 7) is 3.96. The van der Waals surface area contributed by atoms with Crippen LogP contribution in [0.5, 0.6) is 0 Å². The van der Waals surface area contributed by atoms with Crippen LogP contribution in [0, 0.1) is 0 Å². The van der Waals surface area contributed by atoms with Gasteiger partial charge >= 0.3 is 6.09 Å². The second kappa shape index (κ2) is 7.65. The first-order chi connectivity index (χ1) is 15.4. The fourth-order valence-electron chi connectivity index (χ4n) is 5.58. The van der Waals surface area contributed by atoms with Gasteiger partial charge in [-0.1, -0.05) is 30.3 Å². The number of pyridine rings is 1. The molecule has 1 saturated carbocycles. The fourth-order valence-corrected chi connectivity index (χ4v) is 5.58. The van der Waals surface area contributed by atoms with Gasteiger partial charge in [-0.05, 0) is 57.2 Å². The first-order valence-electron chi connectivity index (χ1n) is 11.2. The van der Waals surface area contributed by atoms with Crippen LogP contribution in [0.15, 0.2) is 54.9 Å². The van der Waals surface area contributed by atoms with Crippen LogP contribution < -0.4 is 5.73 Å². The van der Waals surface area contributed by atoms with Gasteiger partial charge in [0.05, 0.1) is 17.8 Å². The Balaban J connectivity index is 1.42. The van der Waals surface area contributed by atoms with E-state index in [0.29, 0.717) is 5.69 Å². The molecule has 0 unspecified atom stereocenters. The van der Waals surface area contributed by atoms with Crippen molar-refractivity contribution in [2.75, 3.05) is 0 Å². The zero-order valence-electron chi connectivity index (χ0n) is 18.4. The number of nitrogens with zero attached hydrogens (tertiary/aromatic N) is 3. The molecule has 7 heteroatoms. The maximum absolute atomic E-state index is 12.9. The average molecular weight is 433 g/mol. The molecule has 2 N–H and O–H groups in total. The quantitative estimate of drug-likeness (QED) is 0.653. The Bertz CT molecular complexity index is 1160. The lowest BCUT2D eigenvalue weighted by molar-refractivity contribution is 0.0661. The van der Waals surface area contributed by atoms with Crippen LogP contribution in [-0.2, 0) is 4.74 Å². The number of hydrogen-bond donors (Lipinski definition) is 1. The first kappa shape index (κ1) is 20.5. The molecule has 1 aliphatic carbocycles. The maximum Gasteiger partial charge on any atom is 0.411 e. The molecule has 1 saturated heterocycles. The van der Waals surface area contributed by atoms with Crippen LogP contribution in [0.2, 0.25) is 0 Å². The number of ether oxygens (including phenoxy) is 1. The van der Waals surface area contributed by atoms with E-state index in [4.69, 9.17) is 10.5 Å². The van der Waals surface area contributed by atoms with Crippen molar-refractivity contribution in [3.63, 3.8) is 0 Å². The normalized spacial score (nSPS) is 25.1. The number of carbonyl (C=O) groups excluding carboxylic acids is 2. The molecule has 0 spiro atoms. The molecular formula is C25H28N4O3. The molecule has 2 fully saturated rings. The number of benzene rings is 1. The Morgan fingerprint density at radius 2 is 1.78 bits per heavy atom. The summed E-state index contributed by atoms with van der Waals surface area (Å²) in [5.74, 6) is -0.433. The molecule has 7 nitrogen and oxygen atoms in total. The van der Waals surface area contributed by atoms with Gasteiger partial charge in [0.15, 0.2) is 0 Å². The van der Waals surface area contributed by atoms with Gasteiger partial charge in [-0.2, -0.15) is 0 Å². The number of hydrogen-bond acceptors (Lipinski definition) is 4. The Kier molecular flexibility index (Phi) is 4.92. The zero-order chi connectivity index (χ0) is 22.5. The molecule has 3 heterocycles. The highest BCUT2D eigenvalue weighted by atomic mass is 16.6. The first-order valence-corrected chi connectivity index (χ1v) is 11.2. The van der Waals surface area contributed by atoms with Gasteiger partial charge < -0.3 is 15.0 Å². The molecule has 1 aromatic carbocycles. The van der Waals surface area contributed by atoms with Crippen molar-refractivity contribution in [3.8, 4) is 0 Å². The number of primary amides is 1. The molecule has 2 aromatic heterocycles. The standard InChI is InChI=1S/C25H28N4O3/c1-25(2)22(16-6-4-3-5-7-16)29(24(31)32-25)19-10-8-18(9-11-19)28-20(23(26)30)14-17-12-13-27-15-21(17)28/h3-7,12-15,18-19,22H,8-11H2,1-2H3,(H2,26,30)/t18?,19?,22-/m0/s1. The lowest BCUT2D eigenvalue weighted by Gasteiger charge is -2.39. The second-order valence-corrected chi connectivity index (χ2v) is 9.35. The summed E-state index contributed by atoms with van der Waals surface area (Å²) >= 11 is 0. The van der Waals surface area contributed by atoms with E-state index >= 15 is 0 Å². The molecule has 0 radical (unpaired) electrons. The van der Waals surface area contributed by atoms with Crippen molar-refractivity contribution in [1.82, 2.24) is 14.5 Å². The Hall–Kier alpha value is -3.35. The highest BCUT2D eigenvalue weighted by molar-refractivity contribution is 5.97. The van der Waals surface area contributed by atoms with Crippen molar-refractivity contribution in [3.05, 3.63) is 66.1 Å². The van der Waals surface area contributed by atoms with Gasteiger partial charge in [-0.15, -0.1) is 0 Å². The van der Waals surface area contributed by atoms with Crippen LogP contribution in [0.3, 0.4) is 0 Å². The molecule has 32 heavy (non-hydrogen) atoms. The summed E-state index contributed by atoms with van der Waals surface area (Å²) in [7, 11) is 0. The summed E-state index contributed by atoms with van der Waals surface area (Å²) in [6.07, 6.45) is 6.61. The van der Waals surface area contributed by atoms with E-state index in [2.05, 4.69) is 17.1 Å². The molecular weight excluding hydrogens is 404 g/mol. The van der Waals surface area contributed by atoms with Gasteiger partial charge in [-0.3, -0.25) is 14.7 Å². The number of amides is 2. The molecule has 166 valence electrons. The van der Waals surface area contributed by atoms with Crippen LogP contribution in [-0.4, -0.2) is 38.1 Å². The van der Waals surface area contributed by atoms with Crippen molar-refractivity contribution in [1.29, 1.82) is 0 Å². The molecule has 5 rings (SSSR count). The molecule has 2 aliphatic rings. The zero-order valence-corrected chi connectivity index (χ0v) is 18.4. The summed E-state index contributed by atoms with van der Waals surface area (Å²) in [5, 5.41) is 0.963. The SMILES string of the molecule is CC1(C)OC(=O)N(C2CCC(n3c(C(N)=O)cc4ccncc43)CC2)[C@H]1c1ccccc1. The van der Waals surface area contributed by atoms with E-state index in [1.807, 2.05) is 53.6 Å². The van der Waals surface area contributed by atoms with Gasteiger partial charge in [0.25, 0.3) is 5.91 Å². The van der Waals surface area contributed by atoms with Crippen molar-refractivity contribution >= 4 is 22.9 Å². The van der Waals surface area contributed by atoms with Crippen molar-refractivity contribution in [2.45, 2.75) is 63.3 Å². The number of aromatic nitrogens is 2. The minimum absolute atomic E-state index is 0.0858. The molecule has 1 atom stereocenters. The van der Waals surface area contributed by atoms with Gasteiger partial charge in [0, 0.05) is 23.7 Å². The van der Waals surface area contributed by atoms with E-state index in [1.54, 1.807) is 12.4 Å². The molecule has 0 bridgehead atoms. The number of fused-ring (bicyclic) bond motifs is 1. The number of cyclic esters (lactones) is 1. The predicted octanol–water partition coefficient (Wildman–Crippen LogP) is 4.59. The molecule has 3 aromatic rings. The predicted molar refractivity (Wildman–Crippen MR) is 121 cm³/mol. The van der Waals surface area contributed by atoms with E-state index in [1.165, 1.54) is 0 Å². The minimum atomic E-state index is -0.600. The summed E-state index contributed by atoms with van der Waals surface area (Å²) in [4.78, 5) is 31.3. The van der Waals surface area contributed by atoms with E-state index in [-0.39, 0.29) is 24.2 Å². The maximum atomic E-state index is 12.9. The molecule has 1 aliphatic heterocycles. The minimum Gasteiger partial charge on any atom is -0.441 e. The Morgan fingerprint density at radius 1 is 1.09 bits per heavy atom. The summed E-state index contributed by atoms with van der Waals surface area (Å²) in [5.41, 5.74) is 7.62. The number of rotatable bonds is 4. The highest BCUT2D eigenvalue weighted by Crippen LogP contribution is 2.46. The average Bonchev–Trinajstić information content (AvgIpc) is 3.28. The Morgan fingerprint density at radius 3 is 2.47 bits per heavy atom. The third-order valence-electron chi connectivity index (χ3n) is 6.93. The van der Waals surface area contributed by atoms with Crippen LogP contribution >= 0.6 is 0 Å². The summed E-state index contributed by atoms with van der Waals surface area (Å²) in [6, 6.07) is 13.9. The van der Waals surface area contributed by atoms with Crippen LogP contribution in [0.25, 0.3) is 10.9 Å². The third kappa shape index (κ3) is 3.32. The highest BCUT2D eigenvalue weighted by Gasteiger charge is 2.51. The number of carbonyl (C=O) groups is 2. The Labute approximate surface area is 187 Å². The summed E-state index contributed by atoms with van der Waals surface area (Å²) < 4.78 is 7.84. The van der Waals surface area contributed by atoms with Crippen LogP contribution in [0.1, 0.15) is 67.7 Å². The lowest BCUT2D eigenvalue weighted by atomic mass is 9.85. The fraction of sp³-hybridized carbons (Fsp3) is 0.400.